The fourth-order valence-electron chi connectivity index (χ4n) is 4.36. The number of hydrogen-bond acceptors (Lipinski definition) is 6. The molecular weight excluding hydrogens is 508 g/mol. The molecule has 0 fully saturated rings. The van der Waals surface area contributed by atoms with Crippen LogP contribution in [-0.2, 0) is 36.9 Å². The van der Waals surface area contributed by atoms with Crippen molar-refractivity contribution in [2.24, 2.45) is 5.73 Å². The first-order chi connectivity index (χ1) is 19.3. The van der Waals surface area contributed by atoms with Gasteiger partial charge in [0.2, 0.25) is 17.7 Å². The van der Waals surface area contributed by atoms with Gasteiger partial charge in [-0.25, -0.2) is 0 Å². The molecule has 3 aromatic carbocycles. The molecule has 3 atom stereocenters. The van der Waals surface area contributed by atoms with Crippen LogP contribution in [0, 0.1) is 0 Å². The average Bonchev–Trinajstić information content (AvgIpc) is 2.96. The molecule has 40 heavy (non-hydrogen) atoms. The first kappa shape index (κ1) is 30.3. The van der Waals surface area contributed by atoms with Gasteiger partial charge in [-0.15, -0.1) is 0 Å². The van der Waals surface area contributed by atoms with Crippen LogP contribution in [0.4, 0.5) is 0 Å². The molecule has 3 amide bonds. The Bertz CT molecular complexity index is 1300. The third-order valence-electron chi connectivity index (χ3n) is 6.67. The van der Waals surface area contributed by atoms with E-state index in [-0.39, 0.29) is 13.0 Å². The zero-order valence-electron chi connectivity index (χ0n) is 23.0. The van der Waals surface area contributed by atoms with Crippen LogP contribution in [0.1, 0.15) is 43.7 Å². The Hall–Kier alpha value is -4.24. The second-order valence-electron chi connectivity index (χ2n) is 9.74. The Kier molecular flexibility index (Phi) is 11.6. The number of rotatable bonds is 15. The summed E-state index contributed by atoms with van der Waals surface area (Å²) in [5, 5.41) is 10.3. The van der Waals surface area contributed by atoms with Gasteiger partial charge in [0.25, 0.3) is 0 Å². The summed E-state index contributed by atoms with van der Waals surface area (Å²) in [4.78, 5) is 51.4. The van der Waals surface area contributed by atoms with Crippen LogP contribution in [0.5, 0.6) is 0 Å². The van der Waals surface area contributed by atoms with Gasteiger partial charge >= 0.3 is 5.97 Å². The van der Waals surface area contributed by atoms with Crippen molar-refractivity contribution in [2.45, 2.75) is 63.8 Å². The number of nitrogens with two attached hydrogens (primary N) is 1. The fraction of sp³-hybridized carbons (Fsp3) is 0.355. The monoisotopic (exact) mass is 546 g/mol. The number of amides is 3. The Morgan fingerprint density at radius 1 is 0.800 bits per heavy atom. The van der Waals surface area contributed by atoms with Crippen LogP contribution in [-0.4, -0.2) is 48.9 Å². The van der Waals surface area contributed by atoms with Crippen molar-refractivity contribution in [3.63, 3.8) is 0 Å². The van der Waals surface area contributed by atoms with Gasteiger partial charge in [0, 0.05) is 6.42 Å². The molecule has 3 aromatic rings. The highest BCUT2D eigenvalue weighted by Gasteiger charge is 2.30. The molecule has 212 valence electrons. The Morgan fingerprint density at radius 3 is 2.12 bits per heavy atom. The highest BCUT2D eigenvalue weighted by Crippen LogP contribution is 2.17. The third-order valence-corrected chi connectivity index (χ3v) is 6.67. The zero-order valence-corrected chi connectivity index (χ0v) is 23.0. The number of likely N-dealkylation sites (N-methyl/N-ethyl adjacent to an activating group) is 1. The second kappa shape index (κ2) is 15.4. The van der Waals surface area contributed by atoms with Crippen LogP contribution >= 0.6 is 0 Å². The summed E-state index contributed by atoms with van der Waals surface area (Å²) in [6, 6.07) is 19.8. The summed E-state index contributed by atoms with van der Waals surface area (Å²) in [7, 11) is 1.66. The van der Waals surface area contributed by atoms with Gasteiger partial charge in [-0.2, -0.15) is 0 Å². The molecule has 0 aliphatic carbocycles. The van der Waals surface area contributed by atoms with E-state index in [0.29, 0.717) is 6.42 Å². The molecule has 9 heteroatoms. The minimum absolute atomic E-state index is 0.0312. The number of ether oxygens (including phenoxy) is 1. The number of esters is 1. The molecule has 9 nitrogen and oxygen atoms in total. The van der Waals surface area contributed by atoms with Crippen LogP contribution in [0.3, 0.4) is 0 Å². The zero-order chi connectivity index (χ0) is 28.9. The van der Waals surface area contributed by atoms with Gasteiger partial charge in [-0.05, 0) is 35.4 Å². The van der Waals surface area contributed by atoms with Gasteiger partial charge < -0.3 is 26.4 Å². The molecule has 0 saturated heterocycles. The van der Waals surface area contributed by atoms with E-state index in [1.165, 1.54) is 0 Å². The molecule has 0 heterocycles. The summed E-state index contributed by atoms with van der Waals surface area (Å²) < 4.78 is 5.35. The summed E-state index contributed by atoms with van der Waals surface area (Å²) >= 11 is 0. The van der Waals surface area contributed by atoms with Crippen molar-refractivity contribution in [3.8, 4) is 0 Å². The van der Waals surface area contributed by atoms with Crippen molar-refractivity contribution in [2.75, 3.05) is 7.05 Å². The van der Waals surface area contributed by atoms with Gasteiger partial charge in [0.1, 0.15) is 18.7 Å². The van der Waals surface area contributed by atoms with Crippen molar-refractivity contribution in [1.82, 2.24) is 16.0 Å². The summed E-state index contributed by atoms with van der Waals surface area (Å²) in [5.74, 6) is -2.50. The molecule has 3 rings (SSSR count). The number of nitrogens with one attached hydrogen (secondary N) is 3. The molecule has 0 aromatic heterocycles. The SMILES string of the molecule is CCCC[C@H](NC)C(=O)N[C@@H](CC(=O)OCc1ccccc1)C(=O)N[C@@H](Cc1ccc2ccccc2c1)C(N)=O. The minimum Gasteiger partial charge on any atom is -0.461 e. The van der Waals surface area contributed by atoms with Crippen molar-refractivity contribution in [1.29, 1.82) is 0 Å². The van der Waals surface area contributed by atoms with Gasteiger partial charge in [0.05, 0.1) is 12.5 Å². The van der Waals surface area contributed by atoms with Crippen molar-refractivity contribution < 1.29 is 23.9 Å². The maximum absolute atomic E-state index is 13.4. The smallest absolute Gasteiger partial charge is 0.308 e. The average molecular weight is 547 g/mol. The highest BCUT2D eigenvalue weighted by atomic mass is 16.5. The number of unbranched alkanes of at least 4 members (excludes halogenated alkanes) is 1. The third kappa shape index (κ3) is 9.20. The Balaban J connectivity index is 1.73. The van der Waals surface area contributed by atoms with Gasteiger partial charge in [-0.3, -0.25) is 19.2 Å². The van der Waals surface area contributed by atoms with E-state index >= 15 is 0 Å². The second-order valence-corrected chi connectivity index (χ2v) is 9.74. The molecule has 0 unspecified atom stereocenters. The fourth-order valence-corrected chi connectivity index (χ4v) is 4.36. The molecule has 0 aliphatic heterocycles. The number of primary amides is 1. The Morgan fingerprint density at radius 2 is 1.45 bits per heavy atom. The Labute approximate surface area is 234 Å². The number of fused-ring (bicyclic) bond motifs is 1. The van der Waals surface area contributed by atoms with Crippen molar-refractivity contribution in [3.05, 3.63) is 83.9 Å². The van der Waals surface area contributed by atoms with E-state index in [2.05, 4.69) is 16.0 Å². The standard InChI is InChI=1S/C31H38N4O5/c1-3-4-14-25(33-2)30(38)35-27(19-28(36)40-20-21-10-6-5-7-11-21)31(39)34-26(29(32)37)18-22-15-16-23-12-8-9-13-24(23)17-22/h5-13,15-17,25-27,33H,3-4,14,18-20H2,1-2H3,(H2,32,37)(H,34,39)(H,35,38)/t25-,26-,27-/m0/s1. The first-order valence-electron chi connectivity index (χ1n) is 13.5. The quantitative estimate of drug-likeness (QED) is 0.216. The van der Waals surface area contributed by atoms with Crippen LogP contribution in [0.25, 0.3) is 10.8 Å². The lowest BCUT2D eigenvalue weighted by Crippen LogP contribution is -2.56. The molecule has 5 N–H and O–H groups in total. The number of carbonyl (C=O) groups is 4. The molecular formula is C31H38N4O5. The van der Waals surface area contributed by atoms with Crippen molar-refractivity contribution >= 4 is 34.5 Å². The largest absolute Gasteiger partial charge is 0.461 e. The van der Waals surface area contributed by atoms with Crippen LogP contribution < -0.4 is 21.7 Å². The molecule has 0 radical (unpaired) electrons. The summed E-state index contributed by atoms with van der Waals surface area (Å²) in [5.41, 5.74) is 7.24. The lowest BCUT2D eigenvalue weighted by atomic mass is 10.0. The molecule has 0 saturated carbocycles. The van der Waals surface area contributed by atoms with E-state index in [9.17, 15) is 19.2 Å². The highest BCUT2D eigenvalue weighted by molar-refractivity contribution is 5.95. The van der Waals surface area contributed by atoms with Crippen LogP contribution in [0.2, 0.25) is 0 Å². The maximum Gasteiger partial charge on any atom is 0.308 e. The summed E-state index contributed by atoms with van der Waals surface area (Å²) in [6.07, 6.45) is 2.02. The van der Waals surface area contributed by atoms with Gasteiger partial charge in [-0.1, -0.05) is 92.6 Å². The van der Waals surface area contributed by atoms with E-state index in [1.54, 1.807) is 7.05 Å². The molecule has 0 bridgehead atoms. The lowest BCUT2D eigenvalue weighted by Gasteiger charge is -2.24. The lowest BCUT2D eigenvalue weighted by molar-refractivity contribution is -0.147. The molecule has 0 aliphatic rings. The van der Waals surface area contributed by atoms with E-state index in [4.69, 9.17) is 10.5 Å². The number of hydrogen-bond donors (Lipinski definition) is 4. The van der Waals surface area contributed by atoms with Gasteiger partial charge in [0.15, 0.2) is 0 Å². The van der Waals surface area contributed by atoms with E-state index in [0.717, 1.165) is 34.7 Å². The summed E-state index contributed by atoms with van der Waals surface area (Å²) in [6.45, 7) is 2.05. The maximum atomic E-state index is 13.4. The topological polar surface area (TPSA) is 140 Å². The first-order valence-corrected chi connectivity index (χ1v) is 13.5. The minimum atomic E-state index is -1.26. The normalized spacial score (nSPS) is 13.2. The van der Waals surface area contributed by atoms with E-state index < -0.39 is 48.2 Å². The van der Waals surface area contributed by atoms with Crippen LogP contribution in [0.15, 0.2) is 72.8 Å². The predicted molar refractivity (Wildman–Crippen MR) is 154 cm³/mol. The molecule has 0 spiro atoms. The number of benzene rings is 3. The predicted octanol–water partition coefficient (Wildman–Crippen LogP) is 2.75. The number of carbonyl (C=O) groups excluding carboxylic acids is 4. The van der Waals surface area contributed by atoms with E-state index in [1.807, 2.05) is 79.7 Å².